The van der Waals surface area contributed by atoms with Crippen LogP contribution >= 0.6 is 15.9 Å². The number of carbonyl (C=O) groups is 1. The maximum Gasteiger partial charge on any atom is 0.171 e. The molecule has 0 unspecified atom stereocenters. The fourth-order valence-corrected chi connectivity index (χ4v) is 2.53. The Balaban J connectivity index is 2.40. The van der Waals surface area contributed by atoms with Crippen molar-refractivity contribution in [1.82, 2.24) is 9.78 Å². The van der Waals surface area contributed by atoms with Gasteiger partial charge in [0.1, 0.15) is 11.6 Å². The zero-order valence-electron chi connectivity index (χ0n) is 11.3. The van der Waals surface area contributed by atoms with Crippen LogP contribution in [0.25, 0.3) is 0 Å². The lowest BCUT2D eigenvalue weighted by molar-refractivity contribution is 0.0989. The number of Topliss-reactive ketones (excluding diaryl/α,β-unsaturated/α-hetero) is 1. The van der Waals surface area contributed by atoms with Crippen molar-refractivity contribution in [3.63, 3.8) is 0 Å². The van der Waals surface area contributed by atoms with Gasteiger partial charge in [0.15, 0.2) is 5.78 Å². The molecule has 0 aliphatic carbocycles. The number of halogens is 3. The Morgan fingerprint density at radius 3 is 2.55 bits per heavy atom. The summed E-state index contributed by atoms with van der Waals surface area (Å²) < 4.78 is 29.3. The Morgan fingerprint density at radius 1 is 1.35 bits per heavy atom. The van der Waals surface area contributed by atoms with E-state index >= 15 is 0 Å². The Bertz CT molecular complexity index is 695. The summed E-state index contributed by atoms with van der Waals surface area (Å²) in [5.74, 6) is -1.81. The summed E-state index contributed by atoms with van der Waals surface area (Å²) in [5.41, 5.74) is 1.44. The number of nitrogens with zero attached hydrogens (tertiary/aromatic N) is 2. The number of hydrogen-bond acceptors (Lipinski definition) is 2. The van der Waals surface area contributed by atoms with E-state index in [1.807, 2.05) is 0 Å². The second-order valence-corrected chi connectivity index (χ2v) is 5.45. The molecule has 1 aromatic heterocycles. The van der Waals surface area contributed by atoms with Crippen molar-refractivity contribution in [3.05, 3.63) is 50.8 Å². The quantitative estimate of drug-likeness (QED) is 0.632. The molecule has 0 amide bonds. The minimum absolute atomic E-state index is 0.140. The molecule has 0 aliphatic heterocycles. The van der Waals surface area contributed by atoms with Crippen molar-refractivity contribution >= 4 is 21.7 Å². The van der Waals surface area contributed by atoms with Crippen LogP contribution in [-0.2, 0) is 13.5 Å². The average Bonchev–Trinajstić information content (AvgIpc) is 2.63. The summed E-state index contributed by atoms with van der Waals surface area (Å²) in [7, 11) is 1.72. The highest BCUT2D eigenvalue weighted by molar-refractivity contribution is 9.10. The van der Waals surface area contributed by atoms with Gasteiger partial charge in [0, 0.05) is 24.7 Å². The molecule has 0 aliphatic rings. The maximum absolute atomic E-state index is 13.9. The third kappa shape index (κ3) is 2.52. The first kappa shape index (κ1) is 14.8. The van der Waals surface area contributed by atoms with Crippen LogP contribution in [0.4, 0.5) is 8.78 Å². The predicted octanol–water partition coefficient (Wildman–Crippen LogP) is 3.50. The van der Waals surface area contributed by atoms with Crippen LogP contribution < -0.4 is 0 Å². The lowest BCUT2D eigenvalue weighted by Crippen LogP contribution is -2.10. The third-order valence-corrected chi connectivity index (χ3v) is 3.88. The van der Waals surface area contributed by atoms with Gasteiger partial charge in [-0.1, -0.05) is 0 Å². The fourth-order valence-electron chi connectivity index (χ4n) is 2.16. The minimum Gasteiger partial charge on any atom is -0.294 e. The van der Waals surface area contributed by atoms with E-state index in [0.717, 1.165) is 6.07 Å². The molecule has 0 spiro atoms. The predicted molar refractivity (Wildman–Crippen MR) is 74.8 cm³/mol. The number of ketones is 1. The van der Waals surface area contributed by atoms with Crippen molar-refractivity contribution < 1.29 is 13.6 Å². The number of hydrogen-bond donors (Lipinski definition) is 0. The summed E-state index contributed by atoms with van der Waals surface area (Å²) in [6.07, 6.45) is -0.329. The zero-order valence-corrected chi connectivity index (χ0v) is 12.9. The fraction of sp³-hybridized carbons (Fsp3) is 0.286. The molecule has 1 heterocycles. The van der Waals surface area contributed by atoms with Crippen molar-refractivity contribution in [2.45, 2.75) is 20.3 Å². The summed E-state index contributed by atoms with van der Waals surface area (Å²) in [5, 5.41) is 4.13. The highest BCUT2D eigenvalue weighted by Crippen LogP contribution is 2.24. The molecule has 1 aromatic carbocycles. The molecule has 0 N–H and O–H groups in total. The molecule has 0 fully saturated rings. The van der Waals surface area contributed by atoms with Crippen LogP contribution in [0.15, 0.2) is 16.6 Å². The Labute approximate surface area is 123 Å². The topological polar surface area (TPSA) is 34.9 Å². The van der Waals surface area contributed by atoms with Crippen LogP contribution in [0.5, 0.6) is 0 Å². The van der Waals surface area contributed by atoms with Gasteiger partial charge in [0.2, 0.25) is 0 Å². The number of aromatic nitrogens is 2. The molecule has 20 heavy (non-hydrogen) atoms. The molecule has 0 bridgehead atoms. The first-order valence-electron chi connectivity index (χ1n) is 5.98. The number of benzene rings is 1. The summed E-state index contributed by atoms with van der Waals surface area (Å²) >= 11 is 2.99. The van der Waals surface area contributed by atoms with E-state index in [1.165, 1.54) is 6.07 Å². The molecule has 3 nitrogen and oxygen atoms in total. The smallest absolute Gasteiger partial charge is 0.171 e. The van der Waals surface area contributed by atoms with Crippen molar-refractivity contribution in [2.75, 3.05) is 0 Å². The van der Waals surface area contributed by atoms with Crippen LogP contribution in [0.2, 0.25) is 0 Å². The minimum atomic E-state index is -0.738. The van der Waals surface area contributed by atoms with Crippen LogP contribution in [0.1, 0.15) is 27.3 Å². The van der Waals surface area contributed by atoms with Crippen molar-refractivity contribution in [2.24, 2.45) is 7.05 Å². The molecule has 0 radical (unpaired) electrons. The van der Waals surface area contributed by atoms with Crippen LogP contribution in [0, 0.1) is 25.5 Å². The van der Waals surface area contributed by atoms with Crippen molar-refractivity contribution in [1.29, 1.82) is 0 Å². The second kappa shape index (κ2) is 5.44. The first-order chi connectivity index (χ1) is 9.32. The van der Waals surface area contributed by atoms with E-state index in [9.17, 15) is 13.6 Å². The highest BCUT2D eigenvalue weighted by atomic mass is 79.9. The first-order valence-corrected chi connectivity index (χ1v) is 6.78. The molecular weight excluding hydrogens is 330 g/mol. The molecule has 106 valence electrons. The van der Waals surface area contributed by atoms with Gasteiger partial charge in [0.25, 0.3) is 0 Å². The van der Waals surface area contributed by atoms with Gasteiger partial charge in [-0.15, -0.1) is 0 Å². The van der Waals surface area contributed by atoms with Gasteiger partial charge in [-0.3, -0.25) is 9.48 Å². The molecule has 0 saturated carbocycles. The van der Waals surface area contributed by atoms with Gasteiger partial charge < -0.3 is 0 Å². The molecule has 0 atom stereocenters. The van der Waals surface area contributed by atoms with E-state index in [2.05, 4.69) is 21.0 Å². The largest absolute Gasteiger partial charge is 0.294 e. The van der Waals surface area contributed by atoms with E-state index < -0.39 is 11.6 Å². The van der Waals surface area contributed by atoms with Gasteiger partial charge >= 0.3 is 0 Å². The Morgan fingerprint density at radius 2 is 2.00 bits per heavy atom. The van der Waals surface area contributed by atoms with Gasteiger partial charge in [-0.25, -0.2) is 8.78 Å². The summed E-state index contributed by atoms with van der Waals surface area (Å²) in [6, 6.07) is 2.41. The molecular formula is C14H13BrF2N2O. The third-order valence-electron chi connectivity index (χ3n) is 3.26. The number of rotatable bonds is 3. The van der Waals surface area contributed by atoms with Crippen LogP contribution in [-0.4, -0.2) is 15.6 Å². The van der Waals surface area contributed by atoms with Gasteiger partial charge in [0.05, 0.1) is 15.7 Å². The van der Waals surface area contributed by atoms with Gasteiger partial charge in [-0.05, 0) is 41.9 Å². The normalized spacial score (nSPS) is 10.9. The number of carbonyl (C=O) groups excluding carboxylic acids is 1. The monoisotopic (exact) mass is 342 g/mol. The molecule has 2 rings (SSSR count). The highest BCUT2D eigenvalue weighted by Gasteiger charge is 2.21. The number of aryl methyl sites for hydroxylation is 2. The Hall–Kier alpha value is -1.56. The molecule has 6 heteroatoms. The maximum atomic E-state index is 13.9. The Kier molecular flexibility index (Phi) is 4.04. The lowest BCUT2D eigenvalue weighted by atomic mass is 10.0. The van der Waals surface area contributed by atoms with Crippen LogP contribution in [0.3, 0.4) is 0 Å². The van der Waals surface area contributed by atoms with Gasteiger partial charge in [-0.2, -0.15) is 5.10 Å². The molecule has 0 saturated heterocycles. The summed E-state index contributed by atoms with van der Waals surface area (Å²) in [6.45, 7) is 3.45. The molecule has 2 aromatic rings. The second-order valence-electron chi connectivity index (χ2n) is 4.59. The standard InChI is InChI=1S/C14H13BrF2N2O/c1-7-13(8(2)19(3)18-7)12(20)6-9-11(16)5-4-10(15)14(9)17/h4-5H,6H2,1-3H3. The van der Waals surface area contributed by atoms with E-state index in [-0.39, 0.29) is 22.2 Å². The SMILES string of the molecule is Cc1nn(C)c(C)c1C(=O)Cc1c(F)ccc(Br)c1F. The van der Waals surface area contributed by atoms with E-state index in [1.54, 1.807) is 25.6 Å². The van der Waals surface area contributed by atoms with Crippen molar-refractivity contribution in [3.8, 4) is 0 Å². The zero-order chi connectivity index (χ0) is 15.0. The lowest BCUT2D eigenvalue weighted by Gasteiger charge is -2.06. The summed E-state index contributed by atoms with van der Waals surface area (Å²) in [4.78, 5) is 12.3. The van der Waals surface area contributed by atoms with E-state index in [0.29, 0.717) is 17.0 Å². The average molecular weight is 343 g/mol. The van der Waals surface area contributed by atoms with E-state index in [4.69, 9.17) is 0 Å².